The summed E-state index contributed by atoms with van der Waals surface area (Å²) in [7, 11) is 3.82. The van der Waals surface area contributed by atoms with Crippen LogP contribution in [-0.4, -0.2) is 50.6 Å². The maximum absolute atomic E-state index is 11.5. The van der Waals surface area contributed by atoms with Gasteiger partial charge in [0.15, 0.2) is 0 Å². The molecule has 0 aromatic carbocycles. The van der Waals surface area contributed by atoms with E-state index < -0.39 is 0 Å². The summed E-state index contributed by atoms with van der Waals surface area (Å²) in [6, 6.07) is 0.373. The van der Waals surface area contributed by atoms with Gasteiger partial charge in [0, 0.05) is 6.04 Å². The Kier molecular flexibility index (Phi) is 4.90. The lowest BCUT2D eigenvalue weighted by Crippen LogP contribution is -2.40. The predicted molar refractivity (Wildman–Crippen MR) is 57.2 cm³/mol. The highest BCUT2D eigenvalue weighted by molar-refractivity contribution is 5.78. The average Bonchev–Trinajstić information content (AvgIpc) is 2.31. The minimum absolute atomic E-state index is 0.141. The zero-order valence-corrected chi connectivity index (χ0v) is 9.18. The van der Waals surface area contributed by atoms with E-state index in [0.29, 0.717) is 12.6 Å². The highest BCUT2D eigenvalue weighted by Crippen LogP contribution is 2.04. The van der Waals surface area contributed by atoms with Crippen LogP contribution in [0, 0.1) is 0 Å². The quantitative estimate of drug-likeness (QED) is 0.662. The van der Waals surface area contributed by atoms with Crippen molar-refractivity contribution in [1.29, 1.82) is 0 Å². The molecule has 1 amide bonds. The van der Waals surface area contributed by atoms with E-state index in [2.05, 4.69) is 10.6 Å². The first-order chi connectivity index (χ1) is 6.68. The van der Waals surface area contributed by atoms with E-state index in [-0.39, 0.29) is 5.91 Å². The van der Waals surface area contributed by atoms with Crippen molar-refractivity contribution < 1.29 is 4.79 Å². The number of hydrogen-bond acceptors (Lipinski definition) is 3. The highest BCUT2D eigenvalue weighted by Gasteiger charge is 2.14. The normalized spacial score (nSPS) is 23.2. The molecule has 1 aliphatic rings. The molecule has 1 aliphatic heterocycles. The minimum atomic E-state index is 0.141. The van der Waals surface area contributed by atoms with Crippen LogP contribution >= 0.6 is 0 Å². The summed E-state index contributed by atoms with van der Waals surface area (Å²) in [5.74, 6) is 0.141. The van der Waals surface area contributed by atoms with E-state index in [4.69, 9.17) is 0 Å². The Hall–Kier alpha value is -0.610. The Balaban J connectivity index is 2.23. The van der Waals surface area contributed by atoms with Gasteiger partial charge in [0.25, 0.3) is 0 Å². The fourth-order valence-electron chi connectivity index (χ4n) is 1.72. The molecule has 1 heterocycles. The van der Waals surface area contributed by atoms with Gasteiger partial charge in [-0.15, -0.1) is 0 Å². The molecule has 1 atom stereocenters. The first-order valence-corrected chi connectivity index (χ1v) is 5.33. The van der Waals surface area contributed by atoms with Crippen molar-refractivity contribution in [3.05, 3.63) is 0 Å². The molecule has 0 unspecified atom stereocenters. The van der Waals surface area contributed by atoms with Crippen molar-refractivity contribution in [3.63, 3.8) is 0 Å². The molecule has 0 aromatic heterocycles. The lowest BCUT2D eigenvalue weighted by molar-refractivity contribution is -0.122. The van der Waals surface area contributed by atoms with Gasteiger partial charge in [0.05, 0.1) is 6.54 Å². The number of hydrogen-bond donors (Lipinski definition) is 2. The van der Waals surface area contributed by atoms with Crippen LogP contribution in [0.4, 0.5) is 0 Å². The topological polar surface area (TPSA) is 44.4 Å². The maximum atomic E-state index is 11.5. The third-order valence-corrected chi connectivity index (χ3v) is 2.40. The molecule has 4 heteroatoms. The van der Waals surface area contributed by atoms with Crippen LogP contribution in [0.1, 0.15) is 19.3 Å². The van der Waals surface area contributed by atoms with E-state index in [1.54, 1.807) is 0 Å². The van der Waals surface area contributed by atoms with Crippen molar-refractivity contribution in [2.24, 2.45) is 0 Å². The van der Waals surface area contributed by atoms with E-state index in [9.17, 15) is 4.79 Å². The summed E-state index contributed by atoms with van der Waals surface area (Å²) in [5.41, 5.74) is 0. The second-order valence-electron chi connectivity index (χ2n) is 4.18. The molecule has 0 radical (unpaired) electrons. The zero-order valence-electron chi connectivity index (χ0n) is 9.18. The first kappa shape index (κ1) is 11.5. The Bertz CT molecular complexity index is 174. The van der Waals surface area contributed by atoms with Crippen molar-refractivity contribution in [2.75, 3.05) is 33.7 Å². The van der Waals surface area contributed by atoms with Gasteiger partial charge in [0.1, 0.15) is 0 Å². The monoisotopic (exact) mass is 199 g/mol. The molecular formula is C10H21N3O. The zero-order chi connectivity index (χ0) is 10.4. The van der Waals surface area contributed by atoms with Gasteiger partial charge >= 0.3 is 0 Å². The minimum Gasteiger partial charge on any atom is -0.352 e. The van der Waals surface area contributed by atoms with Crippen molar-refractivity contribution in [2.45, 2.75) is 25.3 Å². The lowest BCUT2D eigenvalue weighted by atomic mass is 10.1. The van der Waals surface area contributed by atoms with Crippen molar-refractivity contribution in [1.82, 2.24) is 15.5 Å². The number of carbonyl (C=O) groups excluding carboxylic acids is 1. The summed E-state index contributed by atoms with van der Waals surface area (Å²) in [4.78, 5) is 13.4. The number of likely N-dealkylation sites (N-methyl/N-ethyl adjacent to an activating group) is 1. The van der Waals surface area contributed by atoms with Crippen molar-refractivity contribution in [3.8, 4) is 0 Å². The summed E-state index contributed by atoms with van der Waals surface area (Å²) in [5, 5.41) is 6.40. The highest BCUT2D eigenvalue weighted by atomic mass is 16.2. The number of rotatable bonds is 3. The van der Waals surface area contributed by atoms with Crippen LogP contribution in [-0.2, 0) is 4.79 Å². The Labute approximate surface area is 86.0 Å². The summed E-state index contributed by atoms with van der Waals surface area (Å²) >= 11 is 0. The maximum Gasteiger partial charge on any atom is 0.234 e. The third-order valence-electron chi connectivity index (χ3n) is 2.40. The Morgan fingerprint density at radius 3 is 2.93 bits per heavy atom. The van der Waals surface area contributed by atoms with E-state index in [0.717, 1.165) is 32.4 Å². The number of carbonyl (C=O) groups is 1. The SMILES string of the molecule is CN(C)CC(=O)N[C@@H]1CCCNCC1. The number of nitrogens with one attached hydrogen (secondary N) is 2. The largest absolute Gasteiger partial charge is 0.352 e. The molecule has 4 nitrogen and oxygen atoms in total. The van der Waals surface area contributed by atoms with Crippen LogP contribution in [0.3, 0.4) is 0 Å². The fourth-order valence-corrected chi connectivity index (χ4v) is 1.72. The number of nitrogens with zero attached hydrogens (tertiary/aromatic N) is 1. The molecule has 0 bridgehead atoms. The van der Waals surface area contributed by atoms with Crippen molar-refractivity contribution >= 4 is 5.91 Å². The van der Waals surface area contributed by atoms with Crippen LogP contribution in [0.25, 0.3) is 0 Å². The smallest absolute Gasteiger partial charge is 0.234 e. The molecule has 82 valence electrons. The van der Waals surface area contributed by atoms with Crippen LogP contribution in [0.5, 0.6) is 0 Å². The van der Waals surface area contributed by atoms with Gasteiger partial charge in [-0.2, -0.15) is 0 Å². The van der Waals surface area contributed by atoms with Gasteiger partial charge in [-0.05, 0) is 46.4 Å². The van der Waals surface area contributed by atoms with E-state index in [1.165, 1.54) is 0 Å². The van der Waals surface area contributed by atoms with Gasteiger partial charge in [-0.3, -0.25) is 4.79 Å². The van der Waals surface area contributed by atoms with Gasteiger partial charge in [-0.1, -0.05) is 0 Å². The van der Waals surface area contributed by atoms with E-state index in [1.807, 2.05) is 19.0 Å². The second kappa shape index (κ2) is 5.98. The molecular weight excluding hydrogens is 178 g/mol. The first-order valence-electron chi connectivity index (χ1n) is 5.33. The Morgan fingerprint density at radius 1 is 1.43 bits per heavy atom. The van der Waals surface area contributed by atoms with Crippen LogP contribution < -0.4 is 10.6 Å². The molecule has 2 N–H and O–H groups in total. The summed E-state index contributed by atoms with van der Waals surface area (Å²) in [6.45, 7) is 2.59. The molecule has 1 fully saturated rings. The van der Waals surface area contributed by atoms with Gasteiger partial charge in [-0.25, -0.2) is 0 Å². The lowest BCUT2D eigenvalue weighted by Gasteiger charge is -2.17. The molecule has 0 saturated carbocycles. The number of amides is 1. The predicted octanol–water partition coefficient (Wildman–Crippen LogP) is -0.194. The van der Waals surface area contributed by atoms with Crippen LogP contribution in [0.15, 0.2) is 0 Å². The van der Waals surface area contributed by atoms with Gasteiger partial charge < -0.3 is 15.5 Å². The molecule has 0 aliphatic carbocycles. The summed E-state index contributed by atoms with van der Waals surface area (Å²) in [6.07, 6.45) is 3.32. The standard InChI is InChI=1S/C10H21N3O/c1-13(2)8-10(14)12-9-4-3-6-11-7-5-9/h9,11H,3-8H2,1-2H3,(H,12,14)/t9-/m1/s1. The summed E-state index contributed by atoms with van der Waals surface area (Å²) < 4.78 is 0. The second-order valence-corrected chi connectivity index (χ2v) is 4.18. The van der Waals surface area contributed by atoms with Crippen LogP contribution in [0.2, 0.25) is 0 Å². The fraction of sp³-hybridized carbons (Fsp3) is 0.900. The molecule has 1 saturated heterocycles. The third kappa shape index (κ3) is 4.58. The van der Waals surface area contributed by atoms with Gasteiger partial charge in [0.2, 0.25) is 5.91 Å². The Morgan fingerprint density at radius 2 is 2.21 bits per heavy atom. The molecule has 14 heavy (non-hydrogen) atoms. The van der Waals surface area contributed by atoms with E-state index >= 15 is 0 Å². The molecule has 1 rings (SSSR count). The average molecular weight is 199 g/mol. The molecule has 0 spiro atoms. The molecule has 0 aromatic rings.